The van der Waals surface area contributed by atoms with E-state index in [9.17, 15) is 13.2 Å². The molecule has 24 heavy (non-hydrogen) atoms. The molecule has 1 aliphatic heterocycles. The fourth-order valence-corrected chi connectivity index (χ4v) is 5.32. The van der Waals surface area contributed by atoms with E-state index in [-0.39, 0.29) is 34.6 Å². The third-order valence-corrected chi connectivity index (χ3v) is 7.10. The van der Waals surface area contributed by atoms with Gasteiger partial charge in [-0.2, -0.15) is 0 Å². The van der Waals surface area contributed by atoms with E-state index in [0.29, 0.717) is 17.2 Å². The van der Waals surface area contributed by atoms with Gasteiger partial charge in [-0.05, 0) is 24.5 Å². The van der Waals surface area contributed by atoms with Gasteiger partial charge < -0.3 is 9.73 Å². The summed E-state index contributed by atoms with van der Waals surface area (Å²) >= 11 is 1.27. The van der Waals surface area contributed by atoms with Crippen molar-refractivity contribution in [3.8, 4) is 0 Å². The van der Waals surface area contributed by atoms with Crippen molar-refractivity contribution in [1.29, 1.82) is 0 Å². The first-order valence-electron chi connectivity index (χ1n) is 7.87. The number of thioether (sulfide) groups is 1. The lowest BCUT2D eigenvalue weighted by Crippen LogP contribution is -2.42. The number of carbonyl (C=O) groups excluding carboxylic acids is 1. The predicted molar refractivity (Wildman–Crippen MR) is 93.7 cm³/mol. The number of nitrogens with zero attached hydrogens (tertiary/aromatic N) is 1. The second-order valence-corrected chi connectivity index (χ2v) is 9.66. The van der Waals surface area contributed by atoms with E-state index < -0.39 is 9.84 Å². The number of hydrogen-bond donors (Lipinski definition) is 1. The second-order valence-electron chi connectivity index (χ2n) is 6.34. The number of oxazole rings is 1. The molecule has 1 aromatic carbocycles. The normalized spacial score (nSPS) is 21.2. The summed E-state index contributed by atoms with van der Waals surface area (Å²) < 4.78 is 28.7. The molecule has 0 aliphatic carbocycles. The van der Waals surface area contributed by atoms with Gasteiger partial charge in [0.15, 0.2) is 15.4 Å². The predicted octanol–water partition coefficient (Wildman–Crippen LogP) is 2.25. The molecule has 1 aliphatic rings. The average molecular weight is 368 g/mol. The van der Waals surface area contributed by atoms with E-state index in [4.69, 9.17) is 4.42 Å². The van der Waals surface area contributed by atoms with Crippen LogP contribution in [0.1, 0.15) is 20.3 Å². The van der Waals surface area contributed by atoms with Crippen molar-refractivity contribution in [2.75, 3.05) is 11.5 Å². The molecule has 8 heteroatoms. The number of sulfone groups is 1. The Morgan fingerprint density at radius 3 is 2.75 bits per heavy atom. The lowest BCUT2D eigenvalue weighted by atomic mass is 10.1. The van der Waals surface area contributed by atoms with E-state index in [0.717, 1.165) is 5.52 Å². The summed E-state index contributed by atoms with van der Waals surface area (Å²) in [7, 11) is -3.02. The molecule has 0 bridgehead atoms. The van der Waals surface area contributed by atoms with Crippen molar-refractivity contribution in [1.82, 2.24) is 10.3 Å². The maximum Gasteiger partial charge on any atom is 0.257 e. The number of aromatic nitrogens is 1. The van der Waals surface area contributed by atoms with Gasteiger partial charge in [0.1, 0.15) is 5.52 Å². The molecule has 2 aromatic rings. The summed E-state index contributed by atoms with van der Waals surface area (Å²) in [4.78, 5) is 17.0. The average Bonchev–Trinajstić information content (AvgIpc) is 3.06. The minimum atomic E-state index is -3.02. The quantitative estimate of drug-likeness (QED) is 0.814. The zero-order valence-electron chi connectivity index (χ0n) is 13.6. The van der Waals surface area contributed by atoms with Crippen LogP contribution < -0.4 is 5.32 Å². The fraction of sp³-hybridized carbons (Fsp3) is 0.500. The number of nitrogens with one attached hydrogen (secondary N) is 1. The molecule has 0 radical (unpaired) electrons. The van der Waals surface area contributed by atoms with Crippen LogP contribution in [0.3, 0.4) is 0 Å². The number of para-hydroxylation sites is 2. The van der Waals surface area contributed by atoms with Crippen LogP contribution in [0.4, 0.5) is 0 Å². The van der Waals surface area contributed by atoms with Gasteiger partial charge in [0.2, 0.25) is 5.91 Å². The minimum absolute atomic E-state index is 0.0249. The van der Waals surface area contributed by atoms with Crippen LogP contribution in [-0.4, -0.2) is 42.1 Å². The Balaban J connectivity index is 1.71. The molecule has 0 saturated carbocycles. The van der Waals surface area contributed by atoms with Gasteiger partial charge in [-0.3, -0.25) is 4.79 Å². The van der Waals surface area contributed by atoms with E-state index in [1.165, 1.54) is 11.8 Å². The topological polar surface area (TPSA) is 89.3 Å². The fourth-order valence-electron chi connectivity index (χ4n) is 2.69. The molecule has 3 rings (SSSR count). The third kappa shape index (κ3) is 3.92. The van der Waals surface area contributed by atoms with Gasteiger partial charge >= 0.3 is 0 Å². The molecule has 1 fully saturated rings. The van der Waals surface area contributed by atoms with Gasteiger partial charge in [-0.25, -0.2) is 13.4 Å². The second kappa shape index (κ2) is 6.76. The van der Waals surface area contributed by atoms with E-state index in [2.05, 4.69) is 10.3 Å². The Morgan fingerprint density at radius 2 is 2.12 bits per heavy atom. The molecular weight excluding hydrogens is 348 g/mol. The SMILES string of the molecule is CC(C)[C@H](Sc1nc2ccccc2o1)C(=O)N[C@H]1CCS(=O)(=O)C1. The molecular formula is C16H20N2O4S2. The Labute approximate surface area is 145 Å². The molecule has 6 nitrogen and oxygen atoms in total. The summed E-state index contributed by atoms with van der Waals surface area (Å²) in [5.74, 6) is 0.0574. The lowest BCUT2D eigenvalue weighted by molar-refractivity contribution is -0.121. The molecule has 130 valence electrons. The van der Waals surface area contributed by atoms with E-state index in [1.807, 2.05) is 38.1 Å². The van der Waals surface area contributed by atoms with Crippen LogP contribution >= 0.6 is 11.8 Å². The van der Waals surface area contributed by atoms with Gasteiger partial charge in [-0.15, -0.1) is 0 Å². The van der Waals surface area contributed by atoms with Crippen LogP contribution in [0.2, 0.25) is 0 Å². The summed E-state index contributed by atoms with van der Waals surface area (Å²) in [5, 5.41) is 2.92. The van der Waals surface area contributed by atoms with Crippen LogP contribution in [0.5, 0.6) is 0 Å². The number of fused-ring (bicyclic) bond motifs is 1. The Hall–Kier alpha value is -1.54. The van der Waals surface area contributed by atoms with Gasteiger partial charge in [-0.1, -0.05) is 37.7 Å². The first kappa shape index (κ1) is 17.3. The number of carbonyl (C=O) groups is 1. The Morgan fingerprint density at radius 1 is 1.38 bits per heavy atom. The van der Waals surface area contributed by atoms with Crippen molar-refractivity contribution in [3.63, 3.8) is 0 Å². The van der Waals surface area contributed by atoms with Gasteiger partial charge in [0, 0.05) is 6.04 Å². The number of amides is 1. The molecule has 2 atom stereocenters. The van der Waals surface area contributed by atoms with Crippen molar-refractivity contribution < 1.29 is 17.6 Å². The van der Waals surface area contributed by atoms with Crippen LogP contribution in [0, 0.1) is 5.92 Å². The highest BCUT2D eigenvalue weighted by molar-refractivity contribution is 8.00. The van der Waals surface area contributed by atoms with Crippen molar-refractivity contribution in [2.24, 2.45) is 5.92 Å². The highest BCUT2D eigenvalue weighted by Crippen LogP contribution is 2.30. The molecule has 0 unspecified atom stereocenters. The van der Waals surface area contributed by atoms with Crippen LogP contribution in [0.25, 0.3) is 11.1 Å². The van der Waals surface area contributed by atoms with E-state index >= 15 is 0 Å². The highest BCUT2D eigenvalue weighted by atomic mass is 32.2. The number of rotatable bonds is 5. The Bertz CT molecular complexity index is 812. The first-order chi connectivity index (χ1) is 11.3. The number of hydrogen-bond acceptors (Lipinski definition) is 6. The molecule has 1 aromatic heterocycles. The summed E-state index contributed by atoms with van der Waals surface area (Å²) in [6.45, 7) is 3.90. The van der Waals surface area contributed by atoms with Crippen molar-refractivity contribution in [3.05, 3.63) is 24.3 Å². The lowest BCUT2D eigenvalue weighted by Gasteiger charge is -2.20. The van der Waals surface area contributed by atoms with Crippen molar-refractivity contribution >= 4 is 38.6 Å². The highest BCUT2D eigenvalue weighted by Gasteiger charge is 2.32. The maximum absolute atomic E-state index is 12.6. The van der Waals surface area contributed by atoms with Crippen LogP contribution in [0.15, 0.2) is 33.9 Å². The summed E-state index contributed by atoms with van der Waals surface area (Å²) in [5.41, 5.74) is 1.44. The molecule has 1 amide bonds. The summed E-state index contributed by atoms with van der Waals surface area (Å²) in [6.07, 6.45) is 0.479. The first-order valence-corrected chi connectivity index (χ1v) is 10.6. The largest absolute Gasteiger partial charge is 0.431 e. The molecule has 1 saturated heterocycles. The zero-order chi connectivity index (χ0) is 17.3. The van der Waals surface area contributed by atoms with Gasteiger partial charge in [0.05, 0.1) is 16.8 Å². The monoisotopic (exact) mass is 368 g/mol. The Kier molecular flexibility index (Phi) is 4.87. The third-order valence-electron chi connectivity index (χ3n) is 3.94. The standard InChI is InChI=1S/C16H20N2O4S2/c1-10(2)14(15(19)17-11-7-8-24(20,21)9-11)23-16-18-12-5-3-4-6-13(12)22-16/h3-6,10-11,14H,7-9H2,1-2H3,(H,17,19)/t11-,14-/m0/s1. The van der Waals surface area contributed by atoms with Crippen molar-refractivity contribution in [2.45, 2.75) is 36.8 Å². The van der Waals surface area contributed by atoms with Gasteiger partial charge in [0.25, 0.3) is 5.22 Å². The number of benzene rings is 1. The smallest absolute Gasteiger partial charge is 0.257 e. The minimum Gasteiger partial charge on any atom is -0.431 e. The molecule has 1 N–H and O–H groups in total. The molecule has 2 heterocycles. The van der Waals surface area contributed by atoms with E-state index in [1.54, 1.807) is 0 Å². The summed E-state index contributed by atoms with van der Waals surface area (Å²) in [6, 6.07) is 7.14. The zero-order valence-corrected chi connectivity index (χ0v) is 15.2. The maximum atomic E-state index is 12.6. The molecule has 0 spiro atoms. The van der Waals surface area contributed by atoms with Crippen LogP contribution in [-0.2, 0) is 14.6 Å².